The van der Waals surface area contributed by atoms with Crippen molar-refractivity contribution in [1.82, 2.24) is 4.90 Å². The van der Waals surface area contributed by atoms with Crippen LogP contribution in [0.2, 0.25) is 0 Å². The fourth-order valence-electron chi connectivity index (χ4n) is 1.81. The lowest BCUT2D eigenvalue weighted by Gasteiger charge is -2.27. The fourth-order valence-corrected chi connectivity index (χ4v) is 1.81. The number of hydrogen-bond donors (Lipinski definition) is 1. The molecule has 0 atom stereocenters. The van der Waals surface area contributed by atoms with E-state index in [1.807, 2.05) is 26.0 Å². The molecule has 2 amide bonds. The highest BCUT2D eigenvalue weighted by Gasteiger charge is 2.22. The van der Waals surface area contributed by atoms with Gasteiger partial charge in [-0.3, -0.25) is 9.69 Å². The van der Waals surface area contributed by atoms with Gasteiger partial charge in [-0.25, -0.2) is 4.79 Å². The summed E-state index contributed by atoms with van der Waals surface area (Å²) in [5.41, 5.74) is 2.45. The van der Waals surface area contributed by atoms with Crippen LogP contribution in [0.25, 0.3) is 0 Å². The summed E-state index contributed by atoms with van der Waals surface area (Å²) in [6, 6.07) is 6.81. The predicted molar refractivity (Wildman–Crippen MR) is 79.0 cm³/mol. The molecule has 0 aromatic heterocycles. The highest BCUT2D eigenvalue weighted by atomic mass is 16.4. The third-order valence-corrected chi connectivity index (χ3v) is 2.70. The zero-order valence-corrected chi connectivity index (χ0v) is 12.1. The average Bonchev–Trinajstić information content (AvgIpc) is 2.35. The molecule has 0 radical (unpaired) electrons. The van der Waals surface area contributed by atoms with Crippen molar-refractivity contribution in [3.05, 3.63) is 42.0 Å². The maximum atomic E-state index is 12.3. The number of likely N-dealkylation sites (N-methyl/N-ethyl adjacent to an activating group) is 1. The van der Waals surface area contributed by atoms with E-state index in [9.17, 15) is 9.59 Å². The zero-order valence-electron chi connectivity index (χ0n) is 12.1. The van der Waals surface area contributed by atoms with Crippen LogP contribution < -0.4 is 4.90 Å². The smallest absolute Gasteiger partial charge is 0.325 e. The van der Waals surface area contributed by atoms with Gasteiger partial charge in [0.1, 0.15) is 6.54 Å². The number of hydrogen-bond acceptors (Lipinski definition) is 2. The number of carboxylic acids is 1. The van der Waals surface area contributed by atoms with Crippen molar-refractivity contribution in [2.75, 3.05) is 25.0 Å². The first-order chi connectivity index (χ1) is 9.31. The molecule has 0 fully saturated rings. The van der Waals surface area contributed by atoms with Gasteiger partial charge in [0, 0.05) is 19.3 Å². The second-order valence-corrected chi connectivity index (χ2v) is 4.91. The number of aliphatic carboxylic acids is 1. The summed E-state index contributed by atoms with van der Waals surface area (Å²) in [6.45, 7) is 7.52. The molecule has 5 heteroatoms. The summed E-state index contributed by atoms with van der Waals surface area (Å²) >= 11 is 0. The predicted octanol–water partition coefficient (Wildman–Crippen LogP) is 2.51. The number of carboxylic acid groups (broad SMARTS) is 1. The summed E-state index contributed by atoms with van der Waals surface area (Å²) in [6.07, 6.45) is 0. The van der Waals surface area contributed by atoms with Crippen LogP contribution in [0, 0.1) is 6.92 Å². The molecule has 1 aromatic carbocycles. The Morgan fingerprint density at radius 1 is 1.20 bits per heavy atom. The highest BCUT2D eigenvalue weighted by Crippen LogP contribution is 2.17. The van der Waals surface area contributed by atoms with Crippen LogP contribution in [0.1, 0.15) is 12.5 Å². The number of anilines is 1. The minimum atomic E-state index is -1.05. The van der Waals surface area contributed by atoms with E-state index in [1.165, 1.54) is 9.80 Å². The standard InChI is InChI=1S/C15H20N2O3/c1-11(2)9-16(4)15(20)17(10-14(18)19)13-7-5-12(3)6-8-13/h5-8H,1,9-10H2,2-4H3,(H,18,19). The SMILES string of the molecule is C=C(C)CN(C)C(=O)N(CC(=O)O)c1ccc(C)cc1. The molecule has 0 spiro atoms. The lowest BCUT2D eigenvalue weighted by atomic mass is 10.2. The molecule has 5 nitrogen and oxygen atoms in total. The Bertz CT molecular complexity index is 508. The molecule has 0 unspecified atom stereocenters. The van der Waals surface area contributed by atoms with Crippen molar-refractivity contribution in [2.45, 2.75) is 13.8 Å². The van der Waals surface area contributed by atoms with Crippen LogP contribution in [0.3, 0.4) is 0 Å². The van der Waals surface area contributed by atoms with Gasteiger partial charge in [0.05, 0.1) is 0 Å². The second-order valence-electron chi connectivity index (χ2n) is 4.91. The Balaban J connectivity index is 2.99. The summed E-state index contributed by atoms with van der Waals surface area (Å²) in [7, 11) is 1.63. The van der Waals surface area contributed by atoms with E-state index in [0.29, 0.717) is 12.2 Å². The molecule has 1 rings (SSSR count). The normalized spacial score (nSPS) is 9.95. The largest absolute Gasteiger partial charge is 0.480 e. The molecule has 1 N–H and O–H groups in total. The van der Waals surface area contributed by atoms with Crippen molar-refractivity contribution in [3.8, 4) is 0 Å². The number of benzene rings is 1. The van der Waals surface area contributed by atoms with E-state index >= 15 is 0 Å². The number of amides is 2. The van der Waals surface area contributed by atoms with Crippen LogP contribution in [0.5, 0.6) is 0 Å². The van der Waals surface area contributed by atoms with Gasteiger partial charge in [-0.15, -0.1) is 0 Å². The minimum absolute atomic E-state index is 0.362. The Labute approximate surface area is 119 Å². The maximum absolute atomic E-state index is 12.3. The number of aryl methyl sites for hydroxylation is 1. The minimum Gasteiger partial charge on any atom is -0.480 e. The van der Waals surface area contributed by atoms with Gasteiger partial charge in [0.2, 0.25) is 0 Å². The fraction of sp³-hybridized carbons (Fsp3) is 0.333. The van der Waals surface area contributed by atoms with Crippen molar-refractivity contribution in [3.63, 3.8) is 0 Å². The number of urea groups is 1. The molecule has 0 aliphatic heterocycles. The molecule has 0 heterocycles. The van der Waals surface area contributed by atoms with Crippen molar-refractivity contribution in [1.29, 1.82) is 0 Å². The maximum Gasteiger partial charge on any atom is 0.325 e. The third kappa shape index (κ3) is 4.42. The van der Waals surface area contributed by atoms with Crippen molar-refractivity contribution >= 4 is 17.7 Å². The van der Waals surface area contributed by atoms with Gasteiger partial charge in [-0.2, -0.15) is 0 Å². The van der Waals surface area contributed by atoms with E-state index < -0.39 is 5.97 Å². The van der Waals surface area contributed by atoms with E-state index in [4.69, 9.17) is 5.11 Å². The van der Waals surface area contributed by atoms with Crippen LogP contribution in [0.15, 0.2) is 36.4 Å². The second kappa shape index (κ2) is 6.75. The molecule has 1 aromatic rings. The molecule has 0 saturated heterocycles. The highest BCUT2D eigenvalue weighted by molar-refractivity contribution is 5.96. The van der Waals surface area contributed by atoms with Gasteiger partial charge in [-0.1, -0.05) is 29.8 Å². The van der Waals surface area contributed by atoms with Crippen molar-refractivity contribution < 1.29 is 14.7 Å². The first-order valence-electron chi connectivity index (χ1n) is 6.26. The molecule has 20 heavy (non-hydrogen) atoms. The molecule has 0 aliphatic carbocycles. The zero-order chi connectivity index (χ0) is 15.3. The summed E-state index contributed by atoms with van der Waals surface area (Å²) < 4.78 is 0. The lowest BCUT2D eigenvalue weighted by molar-refractivity contribution is -0.135. The van der Waals surface area contributed by atoms with Gasteiger partial charge >= 0.3 is 12.0 Å². The number of carbonyl (C=O) groups excluding carboxylic acids is 1. The number of nitrogens with zero attached hydrogens (tertiary/aromatic N) is 2. The number of rotatable bonds is 5. The van der Waals surface area contributed by atoms with E-state index in [2.05, 4.69) is 6.58 Å². The topological polar surface area (TPSA) is 60.9 Å². The molecular formula is C15H20N2O3. The first-order valence-corrected chi connectivity index (χ1v) is 6.26. The van der Waals surface area contributed by atoms with Crippen LogP contribution in [-0.2, 0) is 4.79 Å². The van der Waals surface area contributed by atoms with Gasteiger partial charge in [0.25, 0.3) is 0 Å². The lowest BCUT2D eigenvalue weighted by Crippen LogP contribution is -2.44. The van der Waals surface area contributed by atoms with E-state index in [1.54, 1.807) is 19.2 Å². The van der Waals surface area contributed by atoms with E-state index in [0.717, 1.165) is 11.1 Å². The van der Waals surface area contributed by atoms with Gasteiger partial charge in [-0.05, 0) is 26.0 Å². The third-order valence-electron chi connectivity index (χ3n) is 2.70. The summed E-state index contributed by atoms with van der Waals surface area (Å²) in [4.78, 5) is 26.0. The first kappa shape index (κ1) is 15.8. The number of carbonyl (C=O) groups is 2. The van der Waals surface area contributed by atoms with Crippen LogP contribution in [0.4, 0.5) is 10.5 Å². The summed E-state index contributed by atoms with van der Waals surface area (Å²) in [5.74, 6) is -1.05. The van der Waals surface area contributed by atoms with Crippen LogP contribution >= 0.6 is 0 Å². The van der Waals surface area contributed by atoms with Gasteiger partial charge < -0.3 is 10.0 Å². The van der Waals surface area contributed by atoms with Crippen molar-refractivity contribution in [2.24, 2.45) is 0 Å². The van der Waals surface area contributed by atoms with Crippen LogP contribution in [-0.4, -0.2) is 42.1 Å². The Morgan fingerprint density at radius 2 is 1.75 bits per heavy atom. The Morgan fingerprint density at radius 3 is 2.20 bits per heavy atom. The monoisotopic (exact) mass is 276 g/mol. The molecular weight excluding hydrogens is 256 g/mol. The molecule has 0 aliphatic rings. The molecule has 0 bridgehead atoms. The van der Waals surface area contributed by atoms with E-state index in [-0.39, 0.29) is 12.6 Å². The average molecular weight is 276 g/mol. The molecule has 108 valence electrons. The Kier molecular flexibility index (Phi) is 5.32. The van der Waals surface area contributed by atoms with Gasteiger partial charge in [0.15, 0.2) is 0 Å². The molecule has 0 saturated carbocycles. The summed E-state index contributed by atoms with van der Waals surface area (Å²) in [5, 5.41) is 8.98. The Hall–Kier alpha value is -2.30. The quantitative estimate of drug-likeness (QED) is 0.841.